The molecule has 0 saturated heterocycles. The van der Waals surface area contributed by atoms with Gasteiger partial charge >= 0.3 is 0 Å². The average molecular weight is 690 g/mol. The van der Waals surface area contributed by atoms with Gasteiger partial charge in [0.1, 0.15) is 5.58 Å². The second-order valence-electron chi connectivity index (χ2n) is 13.7. The van der Waals surface area contributed by atoms with E-state index in [9.17, 15) is 0 Å². The van der Waals surface area contributed by atoms with Gasteiger partial charge in [-0.1, -0.05) is 176 Å². The molecule has 0 bridgehead atoms. The predicted octanol–water partition coefficient (Wildman–Crippen LogP) is 14.9. The van der Waals surface area contributed by atoms with Crippen molar-refractivity contribution in [2.75, 3.05) is 4.90 Å². The Kier molecular flexibility index (Phi) is 7.85. The van der Waals surface area contributed by atoms with Crippen LogP contribution in [0.3, 0.4) is 0 Å². The van der Waals surface area contributed by atoms with Crippen molar-refractivity contribution >= 4 is 49.8 Å². The lowest BCUT2D eigenvalue weighted by molar-refractivity contribution is 0.669. The third-order valence-electron chi connectivity index (χ3n) is 10.5. The Balaban J connectivity index is 1.25. The van der Waals surface area contributed by atoms with Crippen molar-refractivity contribution in [2.45, 2.75) is 0 Å². The highest BCUT2D eigenvalue weighted by Gasteiger charge is 2.24. The molecule has 1 heterocycles. The van der Waals surface area contributed by atoms with Crippen molar-refractivity contribution < 1.29 is 4.42 Å². The standard InChI is InChI=1S/C52H35NO/c1-4-16-36(17-5-1)40-31-30-39-22-14-25-43(47(39)34-40)44-23-10-12-27-49(44)53(50-28-15-26-46-45-24-11-13-29-51(45)54-52(46)50)41-32-33-42(37-18-6-2-7-19-37)48(35-41)38-20-8-3-9-21-38/h1-35H. The fourth-order valence-electron chi connectivity index (χ4n) is 7.93. The van der Waals surface area contributed by atoms with Crippen LogP contribution in [0.1, 0.15) is 0 Å². The van der Waals surface area contributed by atoms with Gasteiger partial charge in [-0.15, -0.1) is 0 Å². The van der Waals surface area contributed by atoms with E-state index in [0.29, 0.717) is 0 Å². The van der Waals surface area contributed by atoms with Gasteiger partial charge in [-0.25, -0.2) is 0 Å². The van der Waals surface area contributed by atoms with Crippen molar-refractivity contribution in [3.63, 3.8) is 0 Å². The fourth-order valence-corrected chi connectivity index (χ4v) is 7.93. The molecule has 10 rings (SSSR count). The zero-order valence-corrected chi connectivity index (χ0v) is 29.6. The Morgan fingerprint density at radius 2 is 0.926 bits per heavy atom. The van der Waals surface area contributed by atoms with E-state index in [0.717, 1.165) is 55.7 Å². The van der Waals surface area contributed by atoms with Gasteiger partial charge in [0, 0.05) is 22.0 Å². The Morgan fingerprint density at radius 1 is 0.315 bits per heavy atom. The summed E-state index contributed by atoms with van der Waals surface area (Å²) in [4.78, 5) is 2.39. The lowest BCUT2D eigenvalue weighted by atomic mass is 9.92. The second-order valence-corrected chi connectivity index (χ2v) is 13.7. The normalized spacial score (nSPS) is 11.3. The van der Waals surface area contributed by atoms with Crippen LogP contribution in [0.4, 0.5) is 17.1 Å². The highest BCUT2D eigenvalue weighted by molar-refractivity contribution is 6.11. The predicted molar refractivity (Wildman–Crippen MR) is 228 cm³/mol. The van der Waals surface area contributed by atoms with Crippen molar-refractivity contribution in [3.8, 4) is 44.5 Å². The van der Waals surface area contributed by atoms with E-state index in [2.05, 4.69) is 211 Å². The molecule has 1 aromatic heterocycles. The van der Waals surface area contributed by atoms with Gasteiger partial charge in [0.2, 0.25) is 0 Å². The third kappa shape index (κ3) is 5.53. The molecule has 0 aliphatic heterocycles. The minimum Gasteiger partial charge on any atom is -0.454 e. The molecule has 10 aromatic rings. The van der Waals surface area contributed by atoms with Crippen LogP contribution >= 0.6 is 0 Å². The lowest BCUT2D eigenvalue weighted by Gasteiger charge is -2.29. The molecule has 54 heavy (non-hydrogen) atoms. The van der Waals surface area contributed by atoms with Crippen LogP contribution in [0.25, 0.3) is 77.2 Å². The second kappa shape index (κ2) is 13.4. The average Bonchev–Trinajstić information content (AvgIpc) is 3.64. The largest absolute Gasteiger partial charge is 0.454 e. The van der Waals surface area contributed by atoms with Gasteiger partial charge in [-0.3, -0.25) is 0 Å². The zero-order chi connectivity index (χ0) is 35.8. The summed E-state index contributed by atoms with van der Waals surface area (Å²) in [7, 11) is 0. The van der Waals surface area contributed by atoms with Gasteiger partial charge in [0.15, 0.2) is 5.58 Å². The first-order valence-electron chi connectivity index (χ1n) is 18.4. The fraction of sp³-hybridized carbons (Fsp3) is 0. The van der Waals surface area contributed by atoms with Crippen molar-refractivity contribution in [2.24, 2.45) is 0 Å². The Labute approximate surface area is 314 Å². The van der Waals surface area contributed by atoms with E-state index >= 15 is 0 Å². The molecular weight excluding hydrogens is 655 g/mol. The molecule has 0 spiro atoms. The number of para-hydroxylation sites is 3. The molecule has 2 heteroatoms. The maximum atomic E-state index is 6.75. The summed E-state index contributed by atoms with van der Waals surface area (Å²) in [5.74, 6) is 0. The number of nitrogens with zero attached hydrogens (tertiary/aromatic N) is 1. The van der Waals surface area contributed by atoms with Crippen LogP contribution < -0.4 is 4.90 Å². The van der Waals surface area contributed by atoms with Gasteiger partial charge in [-0.2, -0.15) is 0 Å². The number of furan rings is 1. The molecule has 0 fully saturated rings. The number of hydrogen-bond acceptors (Lipinski definition) is 2. The minimum absolute atomic E-state index is 0.853. The van der Waals surface area contributed by atoms with Crippen molar-refractivity contribution in [1.29, 1.82) is 0 Å². The van der Waals surface area contributed by atoms with E-state index in [1.54, 1.807) is 0 Å². The van der Waals surface area contributed by atoms with Gasteiger partial charge in [-0.05, 0) is 86.1 Å². The van der Waals surface area contributed by atoms with Crippen molar-refractivity contribution in [1.82, 2.24) is 0 Å². The first-order valence-corrected chi connectivity index (χ1v) is 18.4. The minimum atomic E-state index is 0.853. The molecule has 0 aliphatic carbocycles. The maximum Gasteiger partial charge on any atom is 0.159 e. The molecule has 0 atom stereocenters. The Bertz CT molecular complexity index is 2930. The SMILES string of the molecule is c1ccc(-c2ccc3cccc(-c4ccccc4N(c4ccc(-c5ccccc5)c(-c5ccccc5)c4)c4cccc5c4oc4ccccc45)c3c2)cc1. The van der Waals surface area contributed by atoms with Crippen LogP contribution in [0.15, 0.2) is 217 Å². The van der Waals surface area contributed by atoms with E-state index in [-0.39, 0.29) is 0 Å². The molecule has 9 aromatic carbocycles. The maximum absolute atomic E-state index is 6.75. The first kappa shape index (κ1) is 31.6. The molecule has 0 N–H and O–H groups in total. The lowest BCUT2D eigenvalue weighted by Crippen LogP contribution is -2.12. The van der Waals surface area contributed by atoms with E-state index in [4.69, 9.17) is 4.42 Å². The Morgan fingerprint density at radius 3 is 1.72 bits per heavy atom. The highest BCUT2D eigenvalue weighted by atomic mass is 16.3. The molecular formula is C52H35NO. The molecule has 2 nitrogen and oxygen atoms in total. The van der Waals surface area contributed by atoms with Crippen LogP contribution in [0.5, 0.6) is 0 Å². The number of fused-ring (bicyclic) bond motifs is 4. The topological polar surface area (TPSA) is 16.4 Å². The molecule has 0 unspecified atom stereocenters. The third-order valence-corrected chi connectivity index (χ3v) is 10.5. The van der Waals surface area contributed by atoms with Crippen LogP contribution in [0.2, 0.25) is 0 Å². The number of hydrogen-bond donors (Lipinski definition) is 0. The summed E-state index contributed by atoms with van der Waals surface area (Å²) in [6.45, 7) is 0. The van der Waals surface area contributed by atoms with Gasteiger partial charge in [0.25, 0.3) is 0 Å². The summed E-state index contributed by atoms with van der Waals surface area (Å²) >= 11 is 0. The molecule has 0 saturated carbocycles. The first-order chi connectivity index (χ1) is 26.8. The number of rotatable bonds is 7. The summed E-state index contributed by atoms with van der Waals surface area (Å²) in [6.07, 6.45) is 0. The number of benzene rings is 9. The summed E-state index contributed by atoms with van der Waals surface area (Å²) in [5, 5.41) is 4.60. The van der Waals surface area contributed by atoms with Crippen LogP contribution in [-0.2, 0) is 0 Å². The number of anilines is 3. The smallest absolute Gasteiger partial charge is 0.159 e. The highest BCUT2D eigenvalue weighted by Crippen LogP contribution is 2.48. The summed E-state index contributed by atoms with van der Waals surface area (Å²) < 4.78 is 6.75. The molecule has 0 aliphatic rings. The summed E-state index contributed by atoms with van der Waals surface area (Å²) in [6, 6.07) is 75.9. The van der Waals surface area contributed by atoms with Gasteiger partial charge in [0.05, 0.1) is 11.4 Å². The zero-order valence-electron chi connectivity index (χ0n) is 29.6. The van der Waals surface area contributed by atoms with E-state index < -0.39 is 0 Å². The van der Waals surface area contributed by atoms with E-state index in [1.165, 1.54) is 38.6 Å². The monoisotopic (exact) mass is 689 g/mol. The molecule has 0 radical (unpaired) electrons. The summed E-state index contributed by atoms with van der Waals surface area (Å²) in [5.41, 5.74) is 14.2. The quantitative estimate of drug-likeness (QED) is 0.166. The van der Waals surface area contributed by atoms with Gasteiger partial charge < -0.3 is 9.32 Å². The molecule has 0 amide bonds. The van der Waals surface area contributed by atoms with Crippen LogP contribution in [-0.4, -0.2) is 0 Å². The van der Waals surface area contributed by atoms with Crippen molar-refractivity contribution in [3.05, 3.63) is 212 Å². The molecule has 254 valence electrons. The Hall–Kier alpha value is -7.16. The van der Waals surface area contributed by atoms with E-state index in [1.807, 2.05) is 6.07 Å². The van der Waals surface area contributed by atoms with Crippen LogP contribution in [0, 0.1) is 0 Å².